The highest BCUT2D eigenvalue weighted by atomic mass is 35.5. The Bertz CT molecular complexity index is 441. The van der Waals surface area contributed by atoms with Gasteiger partial charge in [0.1, 0.15) is 21.9 Å². The lowest BCUT2D eigenvalue weighted by atomic mass is 10.1. The molecule has 0 bridgehead atoms. The van der Waals surface area contributed by atoms with Crippen LogP contribution in [0.4, 0.5) is 0 Å². The Kier molecular flexibility index (Phi) is 4.47. The van der Waals surface area contributed by atoms with Crippen molar-refractivity contribution in [2.24, 2.45) is 4.40 Å². The molecular weight excluding hydrogens is 258 g/mol. The Morgan fingerprint density at radius 1 is 1.41 bits per heavy atom. The van der Waals surface area contributed by atoms with E-state index >= 15 is 0 Å². The number of halogens is 1. The van der Waals surface area contributed by atoms with Gasteiger partial charge in [0.15, 0.2) is 0 Å². The zero-order chi connectivity index (χ0) is 13.2. The van der Waals surface area contributed by atoms with E-state index in [1.54, 1.807) is 19.1 Å². The van der Waals surface area contributed by atoms with Gasteiger partial charge in [-0.2, -0.15) is 0 Å². The molecule has 0 aliphatic heterocycles. The average molecular weight is 274 g/mol. The van der Waals surface area contributed by atoms with Crippen molar-refractivity contribution in [3.63, 3.8) is 0 Å². The molecule has 1 N–H and O–H groups in total. The quantitative estimate of drug-likeness (QED) is 0.664. The first-order chi connectivity index (χ1) is 7.71. The lowest BCUT2D eigenvalue weighted by Gasteiger charge is -2.18. The second-order valence-corrected chi connectivity index (χ2v) is 7.04. The molecule has 5 heteroatoms. The van der Waals surface area contributed by atoms with Crippen LogP contribution < -0.4 is 0 Å². The molecule has 0 saturated heterocycles. The molecule has 1 aromatic rings. The Labute approximate surface area is 110 Å². The van der Waals surface area contributed by atoms with Gasteiger partial charge in [0.05, 0.1) is 5.71 Å². The molecule has 0 heterocycles. The van der Waals surface area contributed by atoms with Gasteiger partial charge in [-0.05, 0) is 45.9 Å². The van der Waals surface area contributed by atoms with E-state index in [-0.39, 0.29) is 5.75 Å². The molecule has 94 valence electrons. The molecule has 1 atom stereocenters. The van der Waals surface area contributed by atoms with Gasteiger partial charge in [0.25, 0.3) is 0 Å². The summed E-state index contributed by atoms with van der Waals surface area (Å²) in [5, 5.41) is 10.2. The van der Waals surface area contributed by atoms with E-state index in [4.69, 9.17) is 11.6 Å². The monoisotopic (exact) mass is 273 g/mol. The van der Waals surface area contributed by atoms with E-state index in [2.05, 4.69) is 4.40 Å². The van der Waals surface area contributed by atoms with Crippen LogP contribution in [0.15, 0.2) is 22.6 Å². The Morgan fingerprint density at radius 3 is 2.47 bits per heavy atom. The van der Waals surface area contributed by atoms with Crippen molar-refractivity contribution >= 4 is 28.7 Å². The average Bonchev–Trinajstić information content (AvgIpc) is 2.15. The summed E-state index contributed by atoms with van der Waals surface area (Å²) in [6.07, 6.45) is 0. The maximum Gasteiger partial charge on any atom is 0.144 e. The summed E-state index contributed by atoms with van der Waals surface area (Å²) in [6, 6.07) is 4.77. The minimum absolute atomic E-state index is 0.0460. The van der Waals surface area contributed by atoms with Gasteiger partial charge in [-0.1, -0.05) is 16.0 Å². The van der Waals surface area contributed by atoms with E-state index < -0.39 is 16.1 Å². The Balaban J connectivity index is 3.04. The van der Waals surface area contributed by atoms with E-state index in [9.17, 15) is 9.66 Å². The van der Waals surface area contributed by atoms with E-state index in [1.807, 2.05) is 20.8 Å². The summed E-state index contributed by atoms with van der Waals surface area (Å²) in [7, 11) is 0. The molecule has 1 aromatic carbocycles. The Morgan fingerprint density at radius 2 is 2.00 bits per heavy atom. The van der Waals surface area contributed by atoms with Gasteiger partial charge >= 0.3 is 0 Å². The van der Waals surface area contributed by atoms with Crippen LogP contribution in [-0.2, 0) is 11.4 Å². The molecule has 0 aliphatic rings. The van der Waals surface area contributed by atoms with Crippen LogP contribution in [0.2, 0.25) is 5.02 Å². The number of nitrogens with zero attached hydrogens (tertiary/aromatic N) is 1. The molecule has 0 fully saturated rings. The van der Waals surface area contributed by atoms with Gasteiger partial charge in [0, 0.05) is 10.6 Å². The van der Waals surface area contributed by atoms with Crippen molar-refractivity contribution in [1.82, 2.24) is 0 Å². The molecule has 0 aliphatic carbocycles. The number of benzene rings is 1. The third kappa shape index (κ3) is 3.91. The number of hydrogen-bond acceptors (Lipinski definition) is 3. The topological polar surface area (TPSA) is 55.7 Å². The third-order valence-electron chi connectivity index (χ3n) is 2.09. The number of phenolic OH excluding ortho intramolecular Hbond substituents is 1. The second kappa shape index (κ2) is 5.29. The predicted octanol–water partition coefficient (Wildman–Crippen LogP) is 3.32. The van der Waals surface area contributed by atoms with Crippen molar-refractivity contribution in [2.45, 2.75) is 32.4 Å². The molecule has 0 amide bonds. The SMILES string of the molecule is CC(=N[S+]([O-])C(C)(C)C)c1ccc(Cl)cc1O. The Hall–Kier alpha value is -0.710. The lowest BCUT2D eigenvalue weighted by Crippen LogP contribution is -2.26. The van der Waals surface area contributed by atoms with Crippen molar-refractivity contribution in [3.05, 3.63) is 28.8 Å². The zero-order valence-electron chi connectivity index (χ0n) is 10.3. The first-order valence-corrected chi connectivity index (χ1v) is 6.66. The second-order valence-electron chi connectivity index (χ2n) is 4.70. The summed E-state index contributed by atoms with van der Waals surface area (Å²) in [5.74, 6) is 0.0460. The molecule has 17 heavy (non-hydrogen) atoms. The first-order valence-electron chi connectivity index (χ1n) is 5.18. The number of aromatic hydroxyl groups is 1. The first kappa shape index (κ1) is 14.4. The largest absolute Gasteiger partial charge is 0.591 e. The number of phenols is 1. The van der Waals surface area contributed by atoms with Crippen LogP contribution in [0.25, 0.3) is 0 Å². The molecule has 1 rings (SSSR count). The highest BCUT2D eigenvalue weighted by Gasteiger charge is 2.27. The minimum atomic E-state index is -1.34. The van der Waals surface area contributed by atoms with Crippen molar-refractivity contribution < 1.29 is 9.66 Å². The predicted molar refractivity (Wildman–Crippen MR) is 73.2 cm³/mol. The molecule has 1 unspecified atom stereocenters. The fraction of sp³-hybridized carbons (Fsp3) is 0.417. The van der Waals surface area contributed by atoms with Gasteiger partial charge < -0.3 is 9.66 Å². The van der Waals surface area contributed by atoms with Gasteiger partial charge in [0.2, 0.25) is 0 Å². The van der Waals surface area contributed by atoms with E-state index in [0.717, 1.165) is 0 Å². The van der Waals surface area contributed by atoms with E-state index in [1.165, 1.54) is 6.07 Å². The summed E-state index contributed by atoms with van der Waals surface area (Å²) >= 11 is 4.40. The van der Waals surface area contributed by atoms with Crippen LogP contribution in [0.1, 0.15) is 33.3 Å². The number of hydrogen-bond donors (Lipinski definition) is 1. The molecule has 0 aromatic heterocycles. The van der Waals surface area contributed by atoms with Crippen LogP contribution in [-0.4, -0.2) is 20.1 Å². The normalized spacial score (nSPS) is 14.8. The van der Waals surface area contributed by atoms with E-state index in [0.29, 0.717) is 16.3 Å². The van der Waals surface area contributed by atoms with Crippen LogP contribution in [0, 0.1) is 0 Å². The van der Waals surface area contributed by atoms with Gasteiger partial charge in [-0.25, -0.2) is 0 Å². The van der Waals surface area contributed by atoms with Gasteiger partial charge in [-0.3, -0.25) is 0 Å². The standard InChI is InChI=1S/C12H16ClNO2S/c1-8(14-17(16)12(2,3)4)10-6-5-9(13)7-11(10)15/h5-7,15H,1-4H3. The highest BCUT2D eigenvalue weighted by Crippen LogP contribution is 2.24. The lowest BCUT2D eigenvalue weighted by molar-refractivity contribution is 0.474. The summed E-state index contributed by atoms with van der Waals surface area (Å²) in [4.78, 5) is 0. The molecule has 0 spiro atoms. The molecular formula is C12H16ClNO2S. The molecule has 0 radical (unpaired) electrons. The van der Waals surface area contributed by atoms with Crippen LogP contribution in [0.5, 0.6) is 5.75 Å². The smallest absolute Gasteiger partial charge is 0.144 e. The molecule has 3 nitrogen and oxygen atoms in total. The summed E-state index contributed by atoms with van der Waals surface area (Å²) < 4.78 is 15.5. The fourth-order valence-corrected chi connectivity index (χ4v) is 1.91. The van der Waals surface area contributed by atoms with Crippen molar-refractivity contribution in [1.29, 1.82) is 0 Å². The molecule has 0 saturated carbocycles. The van der Waals surface area contributed by atoms with Crippen molar-refractivity contribution in [2.75, 3.05) is 0 Å². The van der Waals surface area contributed by atoms with Crippen LogP contribution >= 0.6 is 11.6 Å². The zero-order valence-corrected chi connectivity index (χ0v) is 11.9. The minimum Gasteiger partial charge on any atom is -0.591 e. The third-order valence-corrected chi connectivity index (χ3v) is 3.82. The maximum absolute atomic E-state index is 11.8. The number of rotatable bonds is 2. The van der Waals surface area contributed by atoms with Crippen LogP contribution in [0.3, 0.4) is 0 Å². The van der Waals surface area contributed by atoms with Crippen molar-refractivity contribution in [3.8, 4) is 5.75 Å². The fourth-order valence-electron chi connectivity index (χ4n) is 1.12. The maximum atomic E-state index is 11.8. The highest BCUT2D eigenvalue weighted by molar-refractivity contribution is 7.91. The summed E-state index contributed by atoms with van der Waals surface area (Å²) in [6.45, 7) is 7.26. The van der Waals surface area contributed by atoms with Gasteiger partial charge in [-0.15, -0.1) is 0 Å². The summed E-state index contributed by atoms with van der Waals surface area (Å²) in [5.41, 5.74) is 1.08.